The molecular formula is C15H18ClF2N3O. The second-order valence-corrected chi connectivity index (χ2v) is 6.78. The van der Waals surface area contributed by atoms with E-state index in [0.29, 0.717) is 0 Å². The number of nitrogens with two attached hydrogens (primary N) is 1. The molecule has 0 spiro atoms. The van der Waals surface area contributed by atoms with Gasteiger partial charge in [-0.3, -0.25) is 15.1 Å². The van der Waals surface area contributed by atoms with Crippen molar-refractivity contribution < 1.29 is 13.6 Å². The van der Waals surface area contributed by atoms with Crippen molar-refractivity contribution in [2.24, 2.45) is 21.6 Å². The molecular weight excluding hydrogens is 312 g/mol. The van der Waals surface area contributed by atoms with Crippen molar-refractivity contribution in [2.75, 3.05) is 0 Å². The number of nitrogens with zero attached hydrogens (tertiary/aromatic N) is 1. The number of halogens is 3. The van der Waals surface area contributed by atoms with Gasteiger partial charge in [-0.15, -0.1) is 6.42 Å². The molecule has 4 nitrogen and oxygen atoms in total. The van der Waals surface area contributed by atoms with Crippen molar-refractivity contribution in [3.63, 3.8) is 0 Å². The third-order valence-corrected chi connectivity index (χ3v) is 4.64. The van der Waals surface area contributed by atoms with E-state index in [-0.39, 0.29) is 17.9 Å². The Labute approximate surface area is 133 Å². The van der Waals surface area contributed by atoms with Crippen molar-refractivity contribution in [3.8, 4) is 12.3 Å². The topological polar surface area (TPSA) is 67.5 Å². The molecule has 0 aromatic heterocycles. The summed E-state index contributed by atoms with van der Waals surface area (Å²) in [7, 11) is 0. The summed E-state index contributed by atoms with van der Waals surface area (Å²) in [6, 6.07) is -0.449. The lowest BCUT2D eigenvalue weighted by Gasteiger charge is -2.47. The van der Waals surface area contributed by atoms with E-state index in [2.05, 4.69) is 16.2 Å². The van der Waals surface area contributed by atoms with Crippen LogP contribution in [0.4, 0.5) is 8.78 Å². The van der Waals surface area contributed by atoms with E-state index in [9.17, 15) is 13.6 Å². The van der Waals surface area contributed by atoms with E-state index < -0.39 is 34.9 Å². The number of nitrogens with one attached hydrogen (secondary N) is 1. The molecule has 7 heteroatoms. The number of terminal acetylenes is 1. The number of rotatable bonds is 4. The predicted octanol–water partition coefficient (Wildman–Crippen LogP) is 2.04. The van der Waals surface area contributed by atoms with Crippen LogP contribution in [0.5, 0.6) is 0 Å². The van der Waals surface area contributed by atoms with Crippen LogP contribution in [0.15, 0.2) is 16.1 Å². The van der Waals surface area contributed by atoms with Gasteiger partial charge in [0.05, 0.1) is 5.03 Å². The number of aliphatic imine (C=N–C) groups is 1. The number of primary amides is 1. The highest BCUT2D eigenvalue weighted by molar-refractivity contribution is 6.39. The van der Waals surface area contributed by atoms with E-state index in [0.717, 1.165) is 0 Å². The number of hydrogen-bond donors (Lipinski definition) is 2. The Bertz CT molecular complexity index is 586. The summed E-state index contributed by atoms with van der Waals surface area (Å²) in [6.45, 7) is 3.34. The van der Waals surface area contributed by atoms with E-state index in [1.54, 1.807) is 13.8 Å². The number of dihydropyridines is 1. The Balaban J connectivity index is 2.36. The fourth-order valence-corrected chi connectivity index (χ4v) is 3.16. The van der Waals surface area contributed by atoms with Gasteiger partial charge in [-0.05, 0) is 19.9 Å². The molecule has 22 heavy (non-hydrogen) atoms. The first-order valence-electron chi connectivity index (χ1n) is 6.87. The maximum absolute atomic E-state index is 13.0. The third kappa shape index (κ3) is 2.64. The molecule has 0 bridgehead atoms. The maximum Gasteiger partial charge on any atom is 0.251 e. The molecule has 0 radical (unpaired) electrons. The molecule has 0 aromatic rings. The van der Waals surface area contributed by atoms with Crippen molar-refractivity contribution in [1.29, 1.82) is 0 Å². The number of carbonyl (C=O) groups is 1. The van der Waals surface area contributed by atoms with Gasteiger partial charge in [0.25, 0.3) is 5.92 Å². The van der Waals surface area contributed by atoms with Crippen LogP contribution >= 0.6 is 11.6 Å². The minimum absolute atomic E-state index is 0.235. The Kier molecular flexibility index (Phi) is 4.09. The quantitative estimate of drug-likeness (QED) is 0.775. The minimum Gasteiger partial charge on any atom is -0.369 e. The summed E-state index contributed by atoms with van der Waals surface area (Å²) < 4.78 is 26.0. The highest BCUT2D eigenvalue weighted by atomic mass is 35.5. The summed E-state index contributed by atoms with van der Waals surface area (Å²) >= 11 is 5.99. The first-order chi connectivity index (χ1) is 10.0. The van der Waals surface area contributed by atoms with Gasteiger partial charge in [0.1, 0.15) is 11.6 Å². The normalized spacial score (nSPS) is 31.1. The molecule has 1 saturated carbocycles. The number of amides is 1. The van der Waals surface area contributed by atoms with Gasteiger partial charge in [0.15, 0.2) is 0 Å². The van der Waals surface area contributed by atoms with Crippen molar-refractivity contribution >= 4 is 23.7 Å². The SMILES string of the molecule is C#CC(C)(C)C1(C(N)=O)C=C(Cl)C=NC1NC1CC(F)(F)C1. The maximum atomic E-state index is 13.0. The van der Waals surface area contributed by atoms with Gasteiger partial charge < -0.3 is 5.73 Å². The molecule has 2 unspecified atom stereocenters. The second-order valence-electron chi connectivity index (χ2n) is 6.34. The number of allylic oxidation sites excluding steroid dienone is 1. The van der Waals surface area contributed by atoms with E-state index in [1.165, 1.54) is 12.3 Å². The largest absolute Gasteiger partial charge is 0.369 e. The van der Waals surface area contributed by atoms with Gasteiger partial charge in [-0.25, -0.2) is 8.78 Å². The number of alkyl halides is 2. The minimum atomic E-state index is -2.68. The molecule has 0 saturated heterocycles. The lowest BCUT2D eigenvalue weighted by atomic mass is 9.62. The van der Waals surface area contributed by atoms with Gasteiger partial charge in [-0.2, -0.15) is 0 Å². The molecule has 2 rings (SSSR count). The highest BCUT2D eigenvalue weighted by Crippen LogP contribution is 2.47. The van der Waals surface area contributed by atoms with E-state index in [1.807, 2.05) is 0 Å². The van der Waals surface area contributed by atoms with Gasteiger partial charge in [0, 0.05) is 30.5 Å². The standard InChI is InChI=1S/C15H18ClF2N3O/c1-4-13(2,3)15(11(19)22)5-9(16)8-20-12(15)21-10-6-14(17,18)7-10/h1,5,8,10,12,21H,6-7H2,2-3H3,(H2,19,22). The molecule has 1 aliphatic heterocycles. The molecule has 3 N–H and O–H groups in total. The molecule has 2 atom stereocenters. The van der Waals surface area contributed by atoms with Gasteiger partial charge in [-0.1, -0.05) is 17.5 Å². The monoisotopic (exact) mass is 329 g/mol. The molecule has 1 fully saturated rings. The van der Waals surface area contributed by atoms with Crippen LogP contribution in [0.25, 0.3) is 0 Å². The van der Waals surface area contributed by atoms with Gasteiger partial charge in [0.2, 0.25) is 5.91 Å². The van der Waals surface area contributed by atoms with Crippen molar-refractivity contribution in [2.45, 2.75) is 44.8 Å². The van der Waals surface area contributed by atoms with E-state index >= 15 is 0 Å². The van der Waals surface area contributed by atoms with Crippen LogP contribution < -0.4 is 11.1 Å². The molecule has 0 aromatic carbocycles. The first kappa shape index (κ1) is 16.9. The smallest absolute Gasteiger partial charge is 0.251 e. The zero-order chi connectivity index (χ0) is 16.8. The number of carbonyl (C=O) groups excluding carboxylic acids is 1. The fourth-order valence-electron chi connectivity index (χ4n) is 2.93. The molecule has 1 heterocycles. The predicted molar refractivity (Wildman–Crippen MR) is 81.6 cm³/mol. The lowest BCUT2D eigenvalue weighted by molar-refractivity contribution is -0.132. The van der Waals surface area contributed by atoms with Gasteiger partial charge >= 0.3 is 0 Å². The fraction of sp³-hybridized carbons (Fsp3) is 0.600. The summed E-state index contributed by atoms with van der Waals surface area (Å²) in [6.07, 6.45) is 6.95. The Morgan fingerprint density at radius 1 is 1.59 bits per heavy atom. The lowest BCUT2D eigenvalue weighted by Crippen LogP contribution is -2.63. The van der Waals surface area contributed by atoms with Crippen molar-refractivity contribution in [1.82, 2.24) is 5.32 Å². The second kappa shape index (κ2) is 5.32. The van der Waals surface area contributed by atoms with Crippen LogP contribution in [0.3, 0.4) is 0 Å². The van der Waals surface area contributed by atoms with Crippen LogP contribution in [-0.4, -0.2) is 30.3 Å². The van der Waals surface area contributed by atoms with Crippen LogP contribution in [0.1, 0.15) is 26.7 Å². The Morgan fingerprint density at radius 3 is 2.64 bits per heavy atom. The highest BCUT2D eigenvalue weighted by Gasteiger charge is 2.57. The van der Waals surface area contributed by atoms with Crippen molar-refractivity contribution in [3.05, 3.63) is 11.1 Å². The van der Waals surface area contributed by atoms with E-state index in [4.69, 9.17) is 23.8 Å². The molecule has 1 amide bonds. The number of hydrogen-bond acceptors (Lipinski definition) is 3. The third-order valence-electron chi connectivity index (χ3n) is 4.43. The van der Waals surface area contributed by atoms with Crippen LogP contribution in [0.2, 0.25) is 0 Å². The van der Waals surface area contributed by atoms with Crippen LogP contribution in [0, 0.1) is 23.2 Å². The van der Waals surface area contributed by atoms with Crippen LogP contribution in [-0.2, 0) is 4.79 Å². The average molecular weight is 330 g/mol. The summed E-state index contributed by atoms with van der Waals surface area (Å²) in [5.74, 6) is -0.837. The first-order valence-corrected chi connectivity index (χ1v) is 7.25. The zero-order valence-corrected chi connectivity index (χ0v) is 13.1. The summed E-state index contributed by atoms with van der Waals surface area (Å²) in [5, 5.41) is 3.20. The molecule has 1 aliphatic carbocycles. The zero-order valence-electron chi connectivity index (χ0n) is 12.4. The Hall–Kier alpha value is -1.45. The summed E-state index contributed by atoms with van der Waals surface area (Å²) in [4.78, 5) is 16.4. The molecule has 2 aliphatic rings. The molecule has 120 valence electrons. The Morgan fingerprint density at radius 2 is 2.18 bits per heavy atom. The summed E-state index contributed by atoms with van der Waals surface area (Å²) in [5.41, 5.74) is 3.22. The average Bonchev–Trinajstić information content (AvgIpc) is 2.38.